The number of nitrogens with one attached hydrogen (secondary N) is 1. The van der Waals surface area contributed by atoms with E-state index in [-0.39, 0.29) is 11.8 Å². The number of benzene rings is 3. The van der Waals surface area contributed by atoms with Gasteiger partial charge in [0.15, 0.2) is 0 Å². The van der Waals surface area contributed by atoms with E-state index in [1.807, 2.05) is 42.2 Å². The number of rotatable bonds is 4. The van der Waals surface area contributed by atoms with Crippen LogP contribution in [0, 0.1) is 6.92 Å². The Hall–Kier alpha value is -3.02. The number of piperazine rings is 1. The summed E-state index contributed by atoms with van der Waals surface area (Å²) in [6.07, 6.45) is 0. The van der Waals surface area contributed by atoms with Crippen molar-refractivity contribution in [3.8, 4) is 0 Å². The van der Waals surface area contributed by atoms with E-state index in [0.29, 0.717) is 39.9 Å². The first-order valence-corrected chi connectivity index (χ1v) is 11.1. The molecule has 32 heavy (non-hydrogen) atoms. The second-order valence-electron chi connectivity index (χ2n) is 7.77. The summed E-state index contributed by atoms with van der Waals surface area (Å²) in [7, 11) is 0. The van der Waals surface area contributed by atoms with Crippen molar-refractivity contribution in [2.75, 3.05) is 36.4 Å². The fourth-order valence-corrected chi connectivity index (χ4v) is 4.15. The van der Waals surface area contributed by atoms with Crippen LogP contribution in [0.3, 0.4) is 0 Å². The number of hydrogen-bond acceptors (Lipinski definition) is 3. The first-order chi connectivity index (χ1) is 15.4. The van der Waals surface area contributed by atoms with Crippen LogP contribution >= 0.6 is 23.2 Å². The molecule has 2 amide bonds. The van der Waals surface area contributed by atoms with Gasteiger partial charge in [-0.25, -0.2) is 0 Å². The lowest BCUT2D eigenvalue weighted by Crippen LogP contribution is -2.48. The van der Waals surface area contributed by atoms with Gasteiger partial charge in [-0.2, -0.15) is 0 Å². The van der Waals surface area contributed by atoms with E-state index in [1.165, 1.54) is 0 Å². The molecule has 7 heteroatoms. The molecular formula is C25H23Cl2N3O2. The first kappa shape index (κ1) is 22.2. The van der Waals surface area contributed by atoms with Crippen molar-refractivity contribution in [2.24, 2.45) is 0 Å². The van der Waals surface area contributed by atoms with Gasteiger partial charge in [0, 0.05) is 48.1 Å². The number of amides is 2. The summed E-state index contributed by atoms with van der Waals surface area (Å²) in [4.78, 5) is 29.3. The standard InChI is InChI=1S/C25H23Cl2N3O2/c1-17-2-11-22(23(27)16-17)24(31)28-20-7-9-21(10-8-20)29-12-14-30(15-13-29)25(32)18-3-5-19(26)6-4-18/h2-11,16H,12-15H2,1H3,(H,28,31). The molecule has 3 aromatic rings. The van der Waals surface area contributed by atoms with E-state index in [0.717, 1.165) is 24.3 Å². The molecule has 5 nitrogen and oxygen atoms in total. The molecule has 0 radical (unpaired) electrons. The van der Waals surface area contributed by atoms with Gasteiger partial charge in [0.05, 0.1) is 10.6 Å². The van der Waals surface area contributed by atoms with Crippen LogP contribution in [0.5, 0.6) is 0 Å². The van der Waals surface area contributed by atoms with Crippen LogP contribution < -0.4 is 10.2 Å². The molecule has 1 aliphatic heterocycles. The maximum Gasteiger partial charge on any atom is 0.257 e. The number of hydrogen-bond donors (Lipinski definition) is 1. The molecule has 1 aliphatic rings. The maximum atomic E-state index is 12.7. The molecule has 1 fully saturated rings. The number of carbonyl (C=O) groups is 2. The molecule has 0 saturated carbocycles. The van der Waals surface area contributed by atoms with Crippen LogP contribution in [0.15, 0.2) is 66.7 Å². The Morgan fingerprint density at radius 2 is 1.50 bits per heavy atom. The molecular weight excluding hydrogens is 445 g/mol. The smallest absolute Gasteiger partial charge is 0.257 e. The summed E-state index contributed by atoms with van der Waals surface area (Å²) >= 11 is 12.1. The van der Waals surface area contributed by atoms with Gasteiger partial charge in [0.2, 0.25) is 0 Å². The first-order valence-electron chi connectivity index (χ1n) is 10.4. The van der Waals surface area contributed by atoms with Crippen molar-refractivity contribution in [3.63, 3.8) is 0 Å². The molecule has 1 heterocycles. The fraction of sp³-hybridized carbons (Fsp3) is 0.200. The van der Waals surface area contributed by atoms with Crippen molar-refractivity contribution in [1.29, 1.82) is 0 Å². The minimum absolute atomic E-state index is 0.0224. The van der Waals surface area contributed by atoms with Crippen LogP contribution in [-0.4, -0.2) is 42.9 Å². The highest BCUT2D eigenvalue weighted by molar-refractivity contribution is 6.34. The monoisotopic (exact) mass is 467 g/mol. The van der Waals surface area contributed by atoms with Gasteiger partial charge >= 0.3 is 0 Å². The van der Waals surface area contributed by atoms with Crippen molar-refractivity contribution in [1.82, 2.24) is 4.90 Å². The van der Waals surface area contributed by atoms with Gasteiger partial charge in [-0.1, -0.05) is 29.3 Å². The molecule has 0 spiro atoms. The van der Waals surface area contributed by atoms with Gasteiger partial charge in [0.1, 0.15) is 0 Å². The zero-order valence-corrected chi connectivity index (χ0v) is 19.2. The Morgan fingerprint density at radius 3 is 2.12 bits per heavy atom. The summed E-state index contributed by atoms with van der Waals surface area (Å²) < 4.78 is 0. The largest absolute Gasteiger partial charge is 0.368 e. The topological polar surface area (TPSA) is 52.7 Å². The Kier molecular flexibility index (Phi) is 6.68. The van der Waals surface area contributed by atoms with Gasteiger partial charge in [0.25, 0.3) is 11.8 Å². The minimum atomic E-state index is -0.239. The molecule has 164 valence electrons. The molecule has 0 aliphatic carbocycles. The molecule has 1 saturated heterocycles. The molecule has 3 aromatic carbocycles. The summed E-state index contributed by atoms with van der Waals surface area (Å²) in [6, 6.07) is 20.1. The second-order valence-corrected chi connectivity index (χ2v) is 8.61. The predicted molar refractivity (Wildman–Crippen MR) is 130 cm³/mol. The predicted octanol–water partition coefficient (Wildman–Crippen LogP) is 5.52. The highest BCUT2D eigenvalue weighted by Crippen LogP contribution is 2.23. The Bertz CT molecular complexity index is 1120. The third kappa shape index (κ3) is 5.06. The zero-order chi connectivity index (χ0) is 22.7. The van der Waals surface area contributed by atoms with Gasteiger partial charge in [-0.05, 0) is 73.2 Å². The highest BCUT2D eigenvalue weighted by Gasteiger charge is 2.22. The molecule has 0 bridgehead atoms. The summed E-state index contributed by atoms with van der Waals surface area (Å²) in [5.41, 5.74) is 3.85. The number of carbonyl (C=O) groups excluding carboxylic acids is 2. The van der Waals surface area contributed by atoms with Crippen molar-refractivity contribution in [3.05, 3.63) is 93.5 Å². The quantitative estimate of drug-likeness (QED) is 0.549. The molecule has 1 N–H and O–H groups in total. The Balaban J connectivity index is 1.34. The average molecular weight is 468 g/mol. The van der Waals surface area contributed by atoms with Crippen LogP contribution in [0.4, 0.5) is 11.4 Å². The number of aryl methyl sites for hydroxylation is 1. The second kappa shape index (κ2) is 9.63. The SMILES string of the molecule is Cc1ccc(C(=O)Nc2ccc(N3CCN(C(=O)c4ccc(Cl)cc4)CC3)cc2)c(Cl)c1. The third-order valence-corrected chi connectivity index (χ3v) is 6.08. The van der Waals surface area contributed by atoms with E-state index in [4.69, 9.17) is 23.2 Å². The number of nitrogens with zero attached hydrogens (tertiary/aromatic N) is 2. The van der Waals surface area contributed by atoms with E-state index in [9.17, 15) is 9.59 Å². The summed E-state index contributed by atoms with van der Waals surface area (Å²) in [5, 5.41) is 3.94. The zero-order valence-electron chi connectivity index (χ0n) is 17.6. The molecule has 4 rings (SSSR count). The minimum Gasteiger partial charge on any atom is -0.368 e. The van der Waals surface area contributed by atoms with Crippen molar-refractivity contribution >= 4 is 46.4 Å². The summed E-state index contributed by atoms with van der Waals surface area (Å²) in [6.45, 7) is 4.70. The lowest BCUT2D eigenvalue weighted by molar-refractivity contribution is 0.0746. The molecule has 0 unspecified atom stereocenters. The summed E-state index contributed by atoms with van der Waals surface area (Å²) in [5.74, 6) is -0.216. The average Bonchev–Trinajstić information content (AvgIpc) is 2.80. The van der Waals surface area contributed by atoms with Crippen LogP contribution in [0.25, 0.3) is 0 Å². The normalized spacial score (nSPS) is 13.7. The Morgan fingerprint density at radius 1 is 0.844 bits per heavy atom. The van der Waals surface area contributed by atoms with Crippen molar-refractivity contribution in [2.45, 2.75) is 6.92 Å². The van der Waals surface area contributed by atoms with E-state index in [2.05, 4.69) is 10.2 Å². The van der Waals surface area contributed by atoms with Crippen LogP contribution in [0.2, 0.25) is 10.0 Å². The van der Waals surface area contributed by atoms with Crippen LogP contribution in [0.1, 0.15) is 26.3 Å². The fourth-order valence-electron chi connectivity index (χ4n) is 3.70. The van der Waals surface area contributed by atoms with Crippen molar-refractivity contribution < 1.29 is 9.59 Å². The van der Waals surface area contributed by atoms with Gasteiger partial charge in [-0.3, -0.25) is 9.59 Å². The van der Waals surface area contributed by atoms with E-state index >= 15 is 0 Å². The maximum absolute atomic E-state index is 12.7. The lowest BCUT2D eigenvalue weighted by atomic mass is 10.1. The van der Waals surface area contributed by atoms with Gasteiger partial charge < -0.3 is 15.1 Å². The van der Waals surface area contributed by atoms with E-state index in [1.54, 1.807) is 36.4 Å². The highest BCUT2D eigenvalue weighted by atomic mass is 35.5. The number of anilines is 2. The van der Waals surface area contributed by atoms with Gasteiger partial charge in [-0.15, -0.1) is 0 Å². The molecule has 0 atom stereocenters. The lowest BCUT2D eigenvalue weighted by Gasteiger charge is -2.36. The third-order valence-electron chi connectivity index (χ3n) is 5.52. The Labute approximate surface area is 197 Å². The number of halogens is 2. The van der Waals surface area contributed by atoms with Crippen LogP contribution in [-0.2, 0) is 0 Å². The molecule has 0 aromatic heterocycles. The van der Waals surface area contributed by atoms with E-state index < -0.39 is 0 Å².